The fraction of sp³-hybridized carbons (Fsp3) is 0.348. The van der Waals surface area contributed by atoms with Gasteiger partial charge >= 0.3 is 0 Å². The number of likely N-dealkylation sites (N-methyl/N-ethyl adjacent to an activating group) is 1. The number of hydrogen-bond donors (Lipinski definition) is 0. The van der Waals surface area contributed by atoms with Gasteiger partial charge < -0.3 is 9.80 Å². The maximum atomic E-state index is 13.9. The number of benzene rings is 2. The van der Waals surface area contributed by atoms with Crippen LogP contribution >= 0.6 is 12.4 Å². The molecule has 6 heteroatoms. The van der Waals surface area contributed by atoms with Gasteiger partial charge in [0.2, 0.25) is 0 Å². The highest BCUT2D eigenvalue weighted by Gasteiger charge is 2.24. The number of carbonyl (C=O) groups excluding carboxylic acids is 1. The maximum absolute atomic E-state index is 13.9. The summed E-state index contributed by atoms with van der Waals surface area (Å²) in [6, 6.07) is 9.31. The van der Waals surface area contributed by atoms with Crippen LogP contribution in [0.1, 0.15) is 34.8 Å². The third-order valence-electron chi connectivity index (χ3n) is 5.76. The lowest BCUT2D eigenvalue weighted by Crippen LogP contribution is -2.46. The molecule has 4 rings (SSSR count). The van der Waals surface area contributed by atoms with Gasteiger partial charge in [0.1, 0.15) is 11.6 Å². The average molecular weight is 419 g/mol. The van der Waals surface area contributed by atoms with E-state index in [1.165, 1.54) is 6.08 Å². The first-order valence-corrected chi connectivity index (χ1v) is 9.85. The van der Waals surface area contributed by atoms with E-state index < -0.39 is 11.6 Å². The highest BCUT2D eigenvalue weighted by atomic mass is 35.5. The molecule has 154 valence electrons. The molecule has 1 aliphatic heterocycles. The summed E-state index contributed by atoms with van der Waals surface area (Å²) in [7, 11) is 0. The molecule has 0 amide bonds. The molecule has 29 heavy (non-hydrogen) atoms. The van der Waals surface area contributed by atoms with Crippen LogP contribution in [-0.4, -0.2) is 43.4 Å². The number of fused-ring (bicyclic) bond motifs is 1. The molecular formula is C23H25ClF2N2O. The second kappa shape index (κ2) is 9.06. The molecular weight excluding hydrogens is 394 g/mol. The number of anilines is 1. The summed E-state index contributed by atoms with van der Waals surface area (Å²) in [6.45, 7) is 7.35. The van der Waals surface area contributed by atoms with Gasteiger partial charge in [-0.25, -0.2) is 8.78 Å². The van der Waals surface area contributed by atoms with E-state index in [1.54, 1.807) is 0 Å². The first-order chi connectivity index (χ1) is 13.5. The monoisotopic (exact) mass is 418 g/mol. The molecule has 0 atom stereocenters. The molecule has 0 bridgehead atoms. The van der Waals surface area contributed by atoms with E-state index >= 15 is 0 Å². The number of rotatable bonds is 3. The zero-order valence-electron chi connectivity index (χ0n) is 16.5. The topological polar surface area (TPSA) is 23.6 Å². The predicted octanol–water partition coefficient (Wildman–Crippen LogP) is 4.74. The van der Waals surface area contributed by atoms with Crippen molar-refractivity contribution in [3.05, 3.63) is 70.3 Å². The average Bonchev–Trinajstić information content (AvgIpc) is 2.72. The summed E-state index contributed by atoms with van der Waals surface area (Å²) in [5.74, 6) is -1.12. The molecule has 2 aromatic carbocycles. The van der Waals surface area contributed by atoms with Crippen LogP contribution < -0.4 is 4.90 Å². The molecule has 0 spiro atoms. The summed E-state index contributed by atoms with van der Waals surface area (Å²) < 4.78 is 27.3. The Kier molecular flexibility index (Phi) is 6.70. The SMILES string of the molecule is CCN1CCN(c2ccc3c(c2)CC/C(=C\c2cc(F)ccc2F)C3=O)CC1.Cl. The third-order valence-corrected chi connectivity index (χ3v) is 5.76. The van der Waals surface area contributed by atoms with Crippen LogP contribution in [0.15, 0.2) is 42.0 Å². The van der Waals surface area contributed by atoms with E-state index in [-0.39, 0.29) is 23.8 Å². The molecule has 0 saturated carbocycles. The molecule has 0 unspecified atom stereocenters. The number of Topliss-reactive ketones (excluding diaryl/α,β-unsaturated/α-hetero) is 1. The predicted molar refractivity (Wildman–Crippen MR) is 115 cm³/mol. The number of carbonyl (C=O) groups is 1. The molecule has 3 nitrogen and oxygen atoms in total. The molecule has 1 saturated heterocycles. The van der Waals surface area contributed by atoms with Gasteiger partial charge in [0, 0.05) is 48.6 Å². The minimum absolute atomic E-state index is 0. The summed E-state index contributed by atoms with van der Waals surface area (Å²) in [4.78, 5) is 17.7. The van der Waals surface area contributed by atoms with Crippen LogP contribution in [0.25, 0.3) is 6.08 Å². The Bertz CT molecular complexity index is 936. The highest BCUT2D eigenvalue weighted by Crippen LogP contribution is 2.30. The number of ketones is 1. The zero-order chi connectivity index (χ0) is 19.7. The third kappa shape index (κ3) is 4.51. The zero-order valence-corrected chi connectivity index (χ0v) is 17.3. The van der Waals surface area contributed by atoms with Crippen LogP contribution in [0.3, 0.4) is 0 Å². The van der Waals surface area contributed by atoms with Crippen molar-refractivity contribution < 1.29 is 13.6 Å². The largest absolute Gasteiger partial charge is 0.369 e. The van der Waals surface area contributed by atoms with Gasteiger partial charge in [0.15, 0.2) is 5.78 Å². The Morgan fingerprint density at radius 3 is 2.48 bits per heavy atom. The van der Waals surface area contributed by atoms with Gasteiger partial charge in [-0.15, -0.1) is 12.4 Å². The second-order valence-electron chi connectivity index (χ2n) is 7.43. The molecule has 1 aliphatic carbocycles. The Hall–Kier alpha value is -2.24. The molecule has 2 aromatic rings. The number of allylic oxidation sites excluding steroid dienone is 1. The van der Waals surface area contributed by atoms with Crippen LogP contribution in [0, 0.1) is 11.6 Å². The van der Waals surface area contributed by atoms with Crippen molar-refractivity contribution in [3.63, 3.8) is 0 Å². The maximum Gasteiger partial charge on any atom is 0.189 e. The van der Waals surface area contributed by atoms with Gasteiger partial charge in [0.25, 0.3) is 0 Å². The van der Waals surface area contributed by atoms with Gasteiger partial charge in [-0.1, -0.05) is 6.92 Å². The van der Waals surface area contributed by atoms with Crippen molar-refractivity contribution in [3.8, 4) is 0 Å². The Morgan fingerprint density at radius 1 is 1.00 bits per heavy atom. The lowest BCUT2D eigenvalue weighted by molar-refractivity contribution is 0.102. The van der Waals surface area contributed by atoms with Crippen LogP contribution in [0.2, 0.25) is 0 Å². The number of halogens is 3. The van der Waals surface area contributed by atoms with Gasteiger partial charge in [-0.05, 0) is 67.4 Å². The summed E-state index contributed by atoms with van der Waals surface area (Å²) >= 11 is 0. The molecule has 0 radical (unpaired) electrons. The lowest BCUT2D eigenvalue weighted by Gasteiger charge is -2.36. The summed E-state index contributed by atoms with van der Waals surface area (Å²) in [6.07, 6.45) is 2.75. The van der Waals surface area contributed by atoms with Gasteiger partial charge in [0.05, 0.1) is 0 Å². The van der Waals surface area contributed by atoms with E-state index in [0.29, 0.717) is 17.6 Å². The highest BCUT2D eigenvalue weighted by molar-refractivity contribution is 6.13. The molecule has 1 fully saturated rings. The molecule has 0 N–H and O–H groups in total. The fourth-order valence-electron chi connectivity index (χ4n) is 4.03. The van der Waals surface area contributed by atoms with Crippen LogP contribution in [0.4, 0.5) is 14.5 Å². The number of hydrogen-bond acceptors (Lipinski definition) is 3. The first kappa shape index (κ1) is 21.5. The van der Waals surface area contributed by atoms with Crippen LogP contribution in [0.5, 0.6) is 0 Å². The van der Waals surface area contributed by atoms with Gasteiger partial charge in [-0.2, -0.15) is 0 Å². The smallest absolute Gasteiger partial charge is 0.189 e. The molecule has 1 heterocycles. The fourth-order valence-corrected chi connectivity index (χ4v) is 4.03. The van der Waals surface area contributed by atoms with Gasteiger partial charge in [-0.3, -0.25) is 4.79 Å². The quantitative estimate of drug-likeness (QED) is 0.672. The van der Waals surface area contributed by atoms with E-state index in [9.17, 15) is 13.6 Å². The lowest BCUT2D eigenvalue weighted by atomic mass is 9.85. The van der Waals surface area contributed by atoms with Crippen molar-refractivity contribution in [2.75, 3.05) is 37.6 Å². The van der Waals surface area contributed by atoms with Crippen molar-refractivity contribution in [1.29, 1.82) is 0 Å². The number of aryl methyl sites for hydroxylation is 1. The first-order valence-electron chi connectivity index (χ1n) is 9.85. The normalized spacial score (nSPS) is 18.5. The Balaban J connectivity index is 0.00000240. The van der Waals surface area contributed by atoms with E-state index in [0.717, 1.165) is 68.6 Å². The summed E-state index contributed by atoms with van der Waals surface area (Å²) in [5, 5.41) is 0. The van der Waals surface area contributed by atoms with Crippen molar-refractivity contribution in [2.45, 2.75) is 19.8 Å². The van der Waals surface area contributed by atoms with E-state index in [2.05, 4.69) is 22.8 Å². The minimum atomic E-state index is -0.519. The molecule has 0 aromatic heterocycles. The summed E-state index contributed by atoms with van der Waals surface area (Å²) in [5.41, 5.74) is 3.52. The van der Waals surface area contributed by atoms with Crippen molar-refractivity contribution >= 4 is 30.0 Å². The second-order valence-corrected chi connectivity index (χ2v) is 7.43. The number of nitrogens with zero attached hydrogens (tertiary/aromatic N) is 2. The Labute approximate surface area is 176 Å². The standard InChI is InChI=1S/C23H24F2N2O.ClH/c1-2-26-9-11-27(12-10-26)20-6-7-21-16(15-20)3-4-17(23(21)28)13-18-14-19(24)5-8-22(18)25;/h5-8,13-15H,2-4,9-12H2,1H3;1H/b17-13+;. The van der Waals surface area contributed by atoms with Crippen molar-refractivity contribution in [2.24, 2.45) is 0 Å². The van der Waals surface area contributed by atoms with E-state index in [1.807, 2.05) is 12.1 Å². The van der Waals surface area contributed by atoms with E-state index in [4.69, 9.17) is 0 Å². The Morgan fingerprint density at radius 2 is 1.76 bits per heavy atom. The van der Waals surface area contributed by atoms with Crippen LogP contribution in [-0.2, 0) is 6.42 Å². The molecule has 2 aliphatic rings. The minimum Gasteiger partial charge on any atom is -0.369 e. The number of piperazine rings is 1. The van der Waals surface area contributed by atoms with Crippen molar-refractivity contribution in [1.82, 2.24) is 4.90 Å².